The van der Waals surface area contributed by atoms with Crippen LogP contribution in [0, 0.1) is 6.92 Å². The summed E-state index contributed by atoms with van der Waals surface area (Å²) in [5.74, 6) is -0.0747. The van der Waals surface area contributed by atoms with Gasteiger partial charge >= 0.3 is 5.97 Å². The van der Waals surface area contributed by atoms with Crippen LogP contribution in [0.5, 0.6) is 0 Å². The third-order valence-corrected chi connectivity index (χ3v) is 6.77. The number of hydrogen-bond donors (Lipinski definition) is 1. The molecule has 1 saturated heterocycles. The van der Waals surface area contributed by atoms with Crippen LogP contribution in [0.15, 0.2) is 54.7 Å². The summed E-state index contributed by atoms with van der Waals surface area (Å²) in [6, 6.07) is 15.7. The number of carboxylic acids is 1. The molecule has 0 bridgehead atoms. The molecule has 1 aliphatic rings. The number of rotatable bonds is 5. The minimum atomic E-state index is -0.793. The monoisotopic (exact) mass is 449 g/mol. The number of halogens is 1. The first-order chi connectivity index (χ1) is 15.0. The molecular formula is C24H20ClN3O2S. The van der Waals surface area contributed by atoms with Gasteiger partial charge in [-0.15, -0.1) is 11.3 Å². The highest BCUT2D eigenvalue weighted by Gasteiger charge is 2.34. The quantitative estimate of drug-likeness (QED) is 0.431. The maximum Gasteiger partial charge on any atom is 0.326 e. The summed E-state index contributed by atoms with van der Waals surface area (Å²) in [6.07, 6.45) is 3.24. The second-order valence-corrected chi connectivity index (χ2v) is 9.44. The first-order valence-corrected chi connectivity index (χ1v) is 11.3. The number of aryl methyl sites for hydroxylation is 1. The van der Waals surface area contributed by atoms with E-state index in [1.54, 1.807) is 11.3 Å². The van der Waals surface area contributed by atoms with E-state index in [1.165, 1.54) is 5.56 Å². The van der Waals surface area contributed by atoms with E-state index >= 15 is 0 Å². The van der Waals surface area contributed by atoms with Gasteiger partial charge in [0, 0.05) is 23.3 Å². The van der Waals surface area contributed by atoms with Crippen molar-refractivity contribution in [1.29, 1.82) is 0 Å². The molecule has 0 aliphatic carbocycles. The first kappa shape index (κ1) is 20.0. The van der Waals surface area contributed by atoms with Gasteiger partial charge in [0.2, 0.25) is 0 Å². The molecule has 1 aliphatic heterocycles. The minimum Gasteiger partial charge on any atom is -0.480 e. The molecule has 0 saturated carbocycles. The van der Waals surface area contributed by atoms with Crippen molar-refractivity contribution >= 4 is 44.9 Å². The predicted octanol–water partition coefficient (Wildman–Crippen LogP) is 5.57. The molecule has 2 aromatic heterocycles. The summed E-state index contributed by atoms with van der Waals surface area (Å²) >= 11 is 7.93. The predicted molar refractivity (Wildman–Crippen MR) is 125 cm³/mol. The van der Waals surface area contributed by atoms with Gasteiger partial charge in [-0.2, -0.15) is 0 Å². The summed E-state index contributed by atoms with van der Waals surface area (Å²) in [7, 11) is 0. The van der Waals surface area contributed by atoms with Crippen molar-refractivity contribution in [1.82, 2.24) is 9.97 Å². The van der Waals surface area contributed by atoms with Gasteiger partial charge in [-0.05, 0) is 66.8 Å². The zero-order valence-corrected chi connectivity index (χ0v) is 18.5. The topological polar surface area (TPSA) is 66.3 Å². The third kappa shape index (κ3) is 3.89. The van der Waals surface area contributed by atoms with Crippen LogP contribution < -0.4 is 4.90 Å². The molecule has 0 spiro atoms. The van der Waals surface area contributed by atoms with Crippen LogP contribution in [0.2, 0.25) is 5.02 Å². The summed E-state index contributed by atoms with van der Waals surface area (Å²) in [5.41, 5.74) is 5.38. The van der Waals surface area contributed by atoms with Crippen LogP contribution in [-0.2, 0) is 11.2 Å². The Balaban J connectivity index is 1.46. The molecule has 156 valence electrons. The molecule has 5 rings (SSSR count). The molecule has 1 fully saturated rings. The van der Waals surface area contributed by atoms with Crippen molar-refractivity contribution in [2.45, 2.75) is 25.8 Å². The number of pyridine rings is 1. The summed E-state index contributed by atoms with van der Waals surface area (Å²) in [6.45, 7) is 2.75. The van der Waals surface area contributed by atoms with Crippen molar-refractivity contribution in [2.24, 2.45) is 0 Å². The van der Waals surface area contributed by atoms with Crippen LogP contribution in [0.4, 0.5) is 5.82 Å². The number of carboxylic acid groups (broad SMARTS) is 1. The SMILES string of the molecule is Cc1nc2c(-c3cccc(Cl)c3)cc(Cc3ccc(N4CCC4C(=O)O)nc3)cc2s1. The van der Waals surface area contributed by atoms with E-state index < -0.39 is 12.0 Å². The molecule has 5 nitrogen and oxygen atoms in total. The lowest BCUT2D eigenvalue weighted by molar-refractivity contribution is -0.140. The average Bonchev–Trinajstić information content (AvgIpc) is 3.07. The van der Waals surface area contributed by atoms with Gasteiger partial charge in [-0.3, -0.25) is 0 Å². The van der Waals surface area contributed by atoms with Gasteiger partial charge < -0.3 is 10.0 Å². The van der Waals surface area contributed by atoms with Crippen molar-refractivity contribution in [2.75, 3.05) is 11.4 Å². The highest BCUT2D eigenvalue weighted by atomic mass is 35.5. The Kier molecular flexibility index (Phi) is 5.12. The number of aromatic nitrogens is 2. The number of thiazole rings is 1. The van der Waals surface area contributed by atoms with Crippen LogP contribution >= 0.6 is 22.9 Å². The second-order valence-electron chi connectivity index (χ2n) is 7.77. The van der Waals surface area contributed by atoms with Crippen molar-refractivity contribution in [3.63, 3.8) is 0 Å². The molecule has 2 aromatic carbocycles. The van der Waals surface area contributed by atoms with Crippen molar-refractivity contribution in [3.05, 3.63) is 75.9 Å². The standard InChI is InChI=1S/C24H20ClN3O2S/c1-14-27-23-19(17-3-2-4-18(25)12-17)10-16(11-21(23)31-14)9-15-5-6-22(26-13-15)28-8-7-20(28)24(29)30/h2-6,10-13,20H,7-9H2,1H3,(H,29,30). The Labute approximate surface area is 189 Å². The minimum absolute atomic E-state index is 0.462. The lowest BCUT2D eigenvalue weighted by Gasteiger charge is -2.38. The van der Waals surface area contributed by atoms with Crippen molar-refractivity contribution < 1.29 is 9.90 Å². The highest BCUT2D eigenvalue weighted by molar-refractivity contribution is 7.18. The Morgan fingerprint density at radius 1 is 1.23 bits per heavy atom. The van der Waals surface area contributed by atoms with Crippen molar-refractivity contribution in [3.8, 4) is 11.1 Å². The fourth-order valence-electron chi connectivity index (χ4n) is 4.02. The van der Waals surface area contributed by atoms with E-state index in [4.69, 9.17) is 16.6 Å². The molecule has 1 unspecified atom stereocenters. The summed E-state index contributed by atoms with van der Waals surface area (Å²) in [4.78, 5) is 22.4. The molecule has 3 heterocycles. The molecule has 0 amide bonds. The second kappa shape index (κ2) is 7.94. The van der Waals surface area contributed by atoms with E-state index in [2.05, 4.69) is 23.2 Å². The number of hydrogen-bond acceptors (Lipinski definition) is 5. The lowest BCUT2D eigenvalue weighted by Crippen LogP contribution is -2.52. The summed E-state index contributed by atoms with van der Waals surface area (Å²) in [5, 5.41) is 11.0. The average molecular weight is 450 g/mol. The number of nitrogens with zero attached hydrogens (tertiary/aromatic N) is 3. The number of anilines is 1. The third-order valence-electron chi connectivity index (χ3n) is 5.61. The largest absolute Gasteiger partial charge is 0.480 e. The van der Waals surface area contributed by atoms with Crippen LogP contribution in [-0.4, -0.2) is 33.6 Å². The van der Waals surface area contributed by atoms with E-state index in [0.29, 0.717) is 11.4 Å². The van der Waals surface area contributed by atoms with E-state index in [1.807, 2.05) is 48.4 Å². The maximum atomic E-state index is 11.3. The fraction of sp³-hybridized carbons (Fsp3) is 0.208. The Bertz CT molecular complexity index is 1290. The summed E-state index contributed by atoms with van der Waals surface area (Å²) < 4.78 is 1.15. The molecule has 31 heavy (non-hydrogen) atoms. The van der Waals surface area contributed by atoms with E-state index in [0.717, 1.165) is 50.7 Å². The van der Waals surface area contributed by atoms with Crippen LogP contribution in [0.25, 0.3) is 21.3 Å². The lowest BCUT2D eigenvalue weighted by atomic mass is 9.98. The van der Waals surface area contributed by atoms with E-state index in [9.17, 15) is 9.90 Å². The van der Waals surface area contributed by atoms with Gasteiger partial charge in [0.1, 0.15) is 11.9 Å². The van der Waals surface area contributed by atoms with Gasteiger partial charge in [-0.25, -0.2) is 14.8 Å². The zero-order chi connectivity index (χ0) is 21.5. The molecule has 0 radical (unpaired) electrons. The van der Waals surface area contributed by atoms with Crippen LogP contribution in [0.3, 0.4) is 0 Å². The number of fused-ring (bicyclic) bond motifs is 1. The zero-order valence-electron chi connectivity index (χ0n) is 16.9. The Hall–Kier alpha value is -2.96. The number of carbonyl (C=O) groups is 1. The van der Waals surface area contributed by atoms with Crippen LogP contribution in [0.1, 0.15) is 22.6 Å². The van der Waals surface area contributed by atoms with Gasteiger partial charge in [-0.1, -0.05) is 29.8 Å². The Morgan fingerprint density at radius 2 is 2.10 bits per heavy atom. The molecular weight excluding hydrogens is 430 g/mol. The molecule has 1 N–H and O–H groups in total. The Morgan fingerprint density at radius 3 is 2.77 bits per heavy atom. The number of aliphatic carboxylic acids is 1. The maximum absolute atomic E-state index is 11.3. The fourth-order valence-corrected chi connectivity index (χ4v) is 5.13. The highest BCUT2D eigenvalue weighted by Crippen LogP contribution is 2.35. The number of benzene rings is 2. The molecule has 1 atom stereocenters. The van der Waals surface area contributed by atoms with Gasteiger partial charge in [0.05, 0.1) is 15.2 Å². The molecule has 7 heteroatoms. The smallest absolute Gasteiger partial charge is 0.326 e. The molecule has 4 aromatic rings. The van der Waals surface area contributed by atoms with E-state index in [-0.39, 0.29) is 0 Å². The first-order valence-electron chi connectivity index (χ1n) is 10.1. The van der Waals surface area contributed by atoms with Gasteiger partial charge in [0.25, 0.3) is 0 Å². The normalized spacial score (nSPS) is 15.8. The van der Waals surface area contributed by atoms with Gasteiger partial charge in [0.15, 0.2) is 0 Å².